The van der Waals surface area contributed by atoms with Gasteiger partial charge in [0.25, 0.3) is 0 Å². The van der Waals surface area contributed by atoms with Crippen molar-refractivity contribution in [1.29, 1.82) is 0 Å². The van der Waals surface area contributed by atoms with Crippen molar-refractivity contribution in [2.75, 3.05) is 18.1 Å². The third-order valence-electron chi connectivity index (χ3n) is 5.99. The van der Waals surface area contributed by atoms with E-state index in [-0.39, 0.29) is 0 Å². The smallest absolute Gasteiger partial charge is 0.0166 e. The maximum atomic E-state index is 3.89. The minimum absolute atomic E-state index is 0.845. The van der Waals surface area contributed by atoms with E-state index in [4.69, 9.17) is 0 Å². The Bertz CT molecular complexity index is 257. The van der Waals surface area contributed by atoms with Gasteiger partial charge in [0.05, 0.1) is 0 Å². The Labute approximate surface area is 109 Å². The maximum Gasteiger partial charge on any atom is 0.0166 e. The van der Waals surface area contributed by atoms with E-state index in [0.717, 1.165) is 35.6 Å². The van der Waals surface area contributed by atoms with E-state index < -0.39 is 0 Å². The van der Waals surface area contributed by atoms with Gasteiger partial charge in [-0.15, -0.1) is 0 Å². The van der Waals surface area contributed by atoms with Crippen LogP contribution in [0, 0.1) is 29.6 Å². The first-order valence-corrected chi connectivity index (χ1v) is 8.85. The first-order valence-electron chi connectivity index (χ1n) is 7.69. The minimum Gasteiger partial charge on any atom is -0.313 e. The summed E-state index contributed by atoms with van der Waals surface area (Å²) in [5.41, 5.74) is 0. The normalized spacial score (nSPS) is 52.2. The molecule has 0 amide bonds. The van der Waals surface area contributed by atoms with E-state index in [0.29, 0.717) is 0 Å². The molecule has 17 heavy (non-hydrogen) atoms. The molecule has 5 rings (SSSR count). The largest absolute Gasteiger partial charge is 0.313 e. The third kappa shape index (κ3) is 2.06. The van der Waals surface area contributed by atoms with E-state index in [1.165, 1.54) is 24.5 Å². The van der Waals surface area contributed by atoms with Gasteiger partial charge in [-0.2, -0.15) is 11.8 Å². The number of rotatable bonds is 3. The molecular formula is C15H25NS. The highest BCUT2D eigenvalue weighted by molar-refractivity contribution is 7.99. The molecule has 1 saturated heterocycles. The fourth-order valence-electron chi connectivity index (χ4n) is 5.37. The van der Waals surface area contributed by atoms with E-state index in [9.17, 15) is 0 Å². The standard InChI is InChI=1S/C15H25NS/c1-2-17-9-14(1)16-8-15-12-4-10-3-11(6-12)7-13(15)5-10/h10-16H,1-9H2. The summed E-state index contributed by atoms with van der Waals surface area (Å²) >= 11 is 2.14. The Balaban J connectivity index is 1.37. The molecule has 0 aromatic rings. The number of hydrogen-bond acceptors (Lipinski definition) is 2. The monoisotopic (exact) mass is 251 g/mol. The zero-order chi connectivity index (χ0) is 11.2. The Kier molecular flexibility index (Phi) is 2.92. The van der Waals surface area contributed by atoms with Gasteiger partial charge in [0, 0.05) is 11.8 Å². The molecule has 0 spiro atoms. The van der Waals surface area contributed by atoms with E-state index in [1.54, 1.807) is 32.1 Å². The van der Waals surface area contributed by atoms with Crippen LogP contribution in [0.5, 0.6) is 0 Å². The maximum absolute atomic E-state index is 3.89. The SMILES string of the molecule is C1CC(NCC2C3CC4CC(C3)CC2C4)CS1. The van der Waals surface area contributed by atoms with Gasteiger partial charge in [-0.1, -0.05) is 0 Å². The summed E-state index contributed by atoms with van der Waals surface area (Å²) < 4.78 is 0. The van der Waals surface area contributed by atoms with Crippen LogP contribution >= 0.6 is 11.8 Å². The molecule has 1 aliphatic heterocycles. The highest BCUT2D eigenvalue weighted by atomic mass is 32.2. The van der Waals surface area contributed by atoms with Gasteiger partial charge < -0.3 is 5.32 Å². The Morgan fingerprint density at radius 2 is 1.65 bits per heavy atom. The lowest BCUT2D eigenvalue weighted by Gasteiger charge is -2.54. The third-order valence-corrected chi connectivity index (χ3v) is 7.16. The molecule has 1 atom stereocenters. The highest BCUT2D eigenvalue weighted by Crippen LogP contribution is 2.56. The molecule has 1 unspecified atom stereocenters. The fraction of sp³-hybridized carbons (Fsp3) is 1.00. The van der Waals surface area contributed by atoms with E-state index >= 15 is 0 Å². The van der Waals surface area contributed by atoms with E-state index in [1.807, 2.05) is 0 Å². The first-order chi connectivity index (χ1) is 8.38. The van der Waals surface area contributed by atoms with Crippen molar-refractivity contribution >= 4 is 11.8 Å². The van der Waals surface area contributed by atoms with Gasteiger partial charge >= 0.3 is 0 Å². The molecule has 5 fully saturated rings. The summed E-state index contributed by atoms with van der Waals surface area (Å²) in [6.07, 6.45) is 9.33. The molecule has 96 valence electrons. The molecule has 0 radical (unpaired) electrons. The zero-order valence-electron chi connectivity index (χ0n) is 10.7. The van der Waals surface area contributed by atoms with E-state index in [2.05, 4.69) is 17.1 Å². The summed E-state index contributed by atoms with van der Waals surface area (Å²) in [6.45, 7) is 1.35. The lowest BCUT2D eigenvalue weighted by atomic mass is 9.52. The molecule has 0 aromatic heterocycles. The predicted molar refractivity (Wildman–Crippen MR) is 74.3 cm³/mol. The second-order valence-corrected chi connectivity index (χ2v) is 8.21. The number of hydrogen-bond donors (Lipinski definition) is 1. The Morgan fingerprint density at radius 3 is 2.24 bits per heavy atom. The van der Waals surface area contributed by atoms with Crippen LogP contribution in [0.25, 0.3) is 0 Å². The van der Waals surface area contributed by atoms with Gasteiger partial charge in [0.2, 0.25) is 0 Å². The van der Waals surface area contributed by atoms with Crippen LogP contribution in [-0.4, -0.2) is 24.1 Å². The van der Waals surface area contributed by atoms with Crippen molar-refractivity contribution in [2.24, 2.45) is 29.6 Å². The van der Waals surface area contributed by atoms with Crippen molar-refractivity contribution in [3.8, 4) is 0 Å². The molecule has 2 heteroatoms. The van der Waals surface area contributed by atoms with Crippen molar-refractivity contribution in [3.05, 3.63) is 0 Å². The molecular weight excluding hydrogens is 226 g/mol. The topological polar surface area (TPSA) is 12.0 Å². The number of nitrogens with one attached hydrogen (secondary N) is 1. The van der Waals surface area contributed by atoms with Crippen molar-refractivity contribution in [2.45, 2.75) is 44.6 Å². The van der Waals surface area contributed by atoms with Gasteiger partial charge in [-0.3, -0.25) is 0 Å². The second kappa shape index (κ2) is 4.45. The molecule has 1 N–H and O–H groups in total. The minimum atomic E-state index is 0.845. The van der Waals surface area contributed by atoms with Gasteiger partial charge in [0.1, 0.15) is 0 Å². The zero-order valence-corrected chi connectivity index (χ0v) is 11.6. The van der Waals surface area contributed by atoms with Crippen molar-refractivity contribution < 1.29 is 0 Å². The van der Waals surface area contributed by atoms with Crippen LogP contribution in [0.4, 0.5) is 0 Å². The van der Waals surface area contributed by atoms with Crippen LogP contribution in [0.15, 0.2) is 0 Å². The summed E-state index contributed by atoms with van der Waals surface area (Å²) in [4.78, 5) is 0. The molecule has 4 aliphatic carbocycles. The lowest BCUT2D eigenvalue weighted by Crippen LogP contribution is -2.49. The first kappa shape index (κ1) is 11.2. The fourth-order valence-corrected chi connectivity index (χ4v) is 6.56. The lowest BCUT2D eigenvalue weighted by molar-refractivity contribution is -0.0360. The summed E-state index contributed by atoms with van der Waals surface area (Å²) in [7, 11) is 0. The predicted octanol–water partition coefficient (Wildman–Crippen LogP) is 3.15. The van der Waals surface area contributed by atoms with Crippen molar-refractivity contribution in [3.63, 3.8) is 0 Å². The summed E-state index contributed by atoms with van der Waals surface area (Å²) in [6, 6.07) is 0.845. The van der Waals surface area contributed by atoms with Gasteiger partial charge in [-0.25, -0.2) is 0 Å². The molecule has 1 heterocycles. The van der Waals surface area contributed by atoms with Crippen LogP contribution in [0.3, 0.4) is 0 Å². The molecule has 1 nitrogen and oxygen atoms in total. The van der Waals surface area contributed by atoms with Gasteiger partial charge in [0.15, 0.2) is 0 Å². The molecule has 4 saturated carbocycles. The van der Waals surface area contributed by atoms with Gasteiger partial charge in [-0.05, 0) is 80.4 Å². The molecule has 5 aliphatic rings. The summed E-state index contributed by atoms with van der Waals surface area (Å²) in [5, 5.41) is 3.89. The highest BCUT2D eigenvalue weighted by Gasteiger charge is 2.47. The molecule has 4 bridgehead atoms. The average molecular weight is 251 g/mol. The Hall–Kier alpha value is 0.310. The van der Waals surface area contributed by atoms with Crippen molar-refractivity contribution in [1.82, 2.24) is 5.32 Å². The van der Waals surface area contributed by atoms with Crippen LogP contribution < -0.4 is 5.32 Å². The number of thioether (sulfide) groups is 1. The average Bonchev–Trinajstić information content (AvgIpc) is 2.80. The summed E-state index contributed by atoms with van der Waals surface area (Å²) in [5.74, 6) is 8.28. The van der Waals surface area contributed by atoms with Crippen LogP contribution in [-0.2, 0) is 0 Å². The van der Waals surface area contributed by atoms with Crippen LogP contribution in [0.1, 0.15) is 38.5 Å². The quantitative estimate of drug-likeness (QED) is 0.827. The van der Waals surface area contributed by atoms with Crippen LogP contribution in [0.2, 0.25) is 0 Å². The second-order valence-electron chi connectivity index (χ2n) is 7.06. The Morgan fingerprint density at radius 1 is 0.941 bits per heavy atom. The molecule has 0 aromatic carbocycles.